The number of carbonyl (C=O) groups excluding carboxylic acids is 2. The molecule has 2 N–H and O–H groups in total. The quantitative estimate of drug-likeness (QED) is 0.0628. The molecule has 6 rings (SSSR count). The van der Waals surface area contributed by atoms with Gasteiger partial charge in [0, 0.05) is 37.5 Å². The molecule has 1 aromatic heterocycles. The number of aromatic nitrogens is 3. The van der Waals surface area contributed by atoms with Gasteiger partial charge in [0.25, 0.3) is 0 Å². The molecule has 2 aliphatic heterocycles. The molecule has 0 spiro atoms. The van der Waals surface area contributed by atoms with Crippen molar-refractivity contribution in [1.29, 1.82) is 0 Å². The molecular weight excluding hydrogens is 748 g/mol. The molecule has 3 heterocycles. The molecule has 0 amide bonds. The lowest BCUT2D eigenvalue weighted by molar-refractivity contribution is -0.252. The third kappa shape index (κ3) is 9.02. The van der Waals surface area contributed by atoms with Gasteiger partial charge in [0.15, 0.2) is 5.69 Å². The van der Waals surface area contributed by atoms with Gasteiger partial charge in [0.1, 0.15) is 24.1 Å². The minimum atomic E-state index is -1.58. The SMILES string of the molecule is C=CCOc1ccc2c(c1)C1C(CCCCO)C(CCCCO)C=C3C(=NOC4CCCCO4)CC(n4nnc(C(=O)OCC)c4C(=O)OCC)C(OCC=C)(O2)C31. The number of unbranched alkanes of at least 4 members (excludes halogenated alkanes) is 2. The van der Waals surface area contributed by atoms with Crippen molar-refractivity contribution in [1.82, 2.24) is 15.0 Å². The highest BCUT2D eigenvalue weighted by Gasteiger charge is 2.65. The Hall–Kier alpha value is -4.57. The first kappa shape index (κ1) is 43.0. The van der Waals surface area contributed by atoms with Crippen molar-refractivity contribution in [2.45, 2.75) is 102 Å². The van der Waals surface area contributed by atoms with Crippen molar-refractivity contribution in [3.63, 3.8) is 0 Å². The van der Waals surface area contributed by atoms with Crippen LogP contribution < -0.4 is 9.47 Å². The molecule has 1 saturated heterocycles. The molecule has 15 nitrogen and oxygen atoms in total. The lowest BCUT2D eigenvalue weighted by atomic mass is 9.55. The van der Waals surface area contributed by atoms with Crippen LogP contribution in [0.15, 0.2) is 60.3 Å². The predicted octanol–water partition coefficient (Wildman–Crippen LogP) is 6.23. The molecule has 0 bridgehead atoms. The predicted molar refractivity (Wildman–Crippen MR) is 213 cm³/mol. The van der Waals surface area contributed by atoms with Crippen LogP contribution >= 0.6 is 0 Å². The fourth-order valence-corrected chi connectivity index (χ4v) is 8.98. The van der Waals surface area contributed by atoms with E-state index in [1.54, 1.807) is 26.0 Å². The number of benzene rings is 1. The van der Waals surface area contributed by atoms with E-state index in [9.17, 15) is 19.8 Å². The van der Waals surface area contributed by atoms with E-state index in [1.165, 1.54) is 4.68 Å². The van der Waals surface area contributed by atoms with E-state index in [-0.39, 0.29) is 68.6 Å². The second-order valence-corrected chi connectivity index (χ2v) is 14.9. The first-order valence-electron chi connectivity index (χ1n) is 20.7. The van der Waals surface area contributed by atoms with Gasteiger partial charge in [-0.05, 0) is 88.0 Å². The third-order valence-electron chi connectivity index (χ3n) is 11.4. The van der Waals surface area contributed by atoms with E-state index in [4.69, 9.17) is 38.4 Å². The smallest absolute Gasteiger partial charge is 0.361 e. The number of aliphatic hydroxyl groups is 2. The highest BCUT2D eigenvalue weighted by Crippen LogP contribution is 2.63. The lowest BCUT2D eigenvalue weighted by Crippen LogP contribution is -2.63. The maximum absolute atomic E-state index is 13.9. The summed E-state index contributed by atoms with van der Waals surface area (Å²) in [7, 11) is 0. The average Bonchev–Trinajstić information content (AvgIpc) is 3.68. The number of allylic oxidation sites excluding steroid dienone is 1. The normalized spacial score (nSPS) is 26.7. The Kier molecular flexibility index (Phi) is 15.1. The van der Waals surface area contributed by atoms with Gasteiger partial charge in [-0.1, -0.05) is 48.0 Å². The van der Waals surface area contributed by atoms with Crippen LogP contribution in [-0.2, 0) is 23.8 Å². The Balaban J connectivity index is 1.63. The van der Waals surface area contributed by atoms with Gasteiger partial charge in [-0.25, -0.2) is 14.3 Å². The molecular formula is C43H58N4O11. The monoisotopic (exact) mass is 806 g/mol. The number of hydrogen-bond donors (Lipinski definition) is 2. The van der Waals surface area contributed by atoms with Crippen LogP contribution in [0.3, 0.4) is 0 Å². The summed E-state index contributed by atoms with van der Waals surface area (Å²) in [6, 6.07) is 4.76. The molecule has 2 aromatic rings. The van der Waals surface area contributed by atoms with Crippen LogP contribution in [-0.4, -0.2) is 101 Å². The van der Waals surface area contributed by atoms with Crippen LogP contribution in [0.4, 0.5) is 0 Å². The van der Waals surface area contributed by atoms with Crippen molar-refractivity contribution < 1.29 is 53.1 Å². The highest BCUT2D eigenvalue weighted by molar-refractivity contribution is 6.03. The number of aliphatic hydroxyl groups excluding tert-OH is 2. The second kappa shape index (κ2) is 20.4. The Bertz CT molecular complexity index is 1800. The first-order valence-corrected chi connectivity index (χ1v) is 20.7. The largest absolute Gasteiger partial charge is 0.490 e. The maximum atomic E-state index is 13.9. The summed E-state index contributed by atoms with van der Waals surface area (Å²) in [5, 5.41) is 33.3. The van der Waals surface area contributed by atoms with Gasteiger partial charge in [-0.2, -0.15) is 0 Å². The first-order chi connectivity index (χ1) is 28.3. The third-order valence-corrected chi connectivity index (χ3v) is 11.4. The van der Waals surface area contributed by atoms with Crippen molar-refractivity contribution in [3.8, 4) is 11.5 Å². The molecule has 0 radical (unpaired) electrons. The average molecular weight is 807 g/mol. The van der Waals surface area contributed by atoms with Gasteiger partial charge >= 0.3 is 11.9 Å². The maximum Gasteiger partial charge on any atom is 0.361 e. The number of carbonyl (C=O) groups is 2. The van der Waals surface area contributed by atoms with Gasteiger partial charge in [0.2, 0.25) is 17.8 Å². The van der Waals surface area contributed by atoms with Crippen molar-refractivity contribution >= 4 is 17.7 Å². The zero-order chi connectivity index (χ0) is 41.1. The van der Waals surface area contributed by atoms with E-state index in [0.717, 1.165) is 49.7 Å². The summed E-state index contributed by atoms with van der Waals surface area (Å²) in [6.07, 6.45) is 12.1. The van der Waals surface area contributed by atoms with E-state index in [2.05, 4.69) is 29.5 Å². The van der Waals surface area contributed by atoms with Crippen LogP contribution in [0, 0.1) is 17.8 Å². The standard InChI is InChI=1S/C43H58N4O11/c1-5-22-54-29-18-19-34-32(26-29)37-30(16-10-13-21-49)28(15-9-12-20-48)25-31-33(45-58-36-17-11-14-24-55-36)27-35(43(57-34,38(31)37)56-23-6-2)47-40(42(51)53-8-4)39(44-46-47)41(50)52-7-3/h5-6,18-19,25-26,28,30,35-38,48-49H,1-2,7-17,20-24,27H2,3-4H3. The lowest BCUT2D eigenvalue weighted by Gasteiger charge is -2.58. The van der Waals surface area contributed by atoms with Crippen LogP contribution in [0.1, 0.15) is 117 Å². The number of fused-ring (bicyclic) bond motifs is 2. The Morgan fingerprint density at radius 3 is 2.48 bits per heavy atom. The summed E-state index contributed by atoms with van der Waals surface area (Å²) in [5.74, 6) is -2.85. The minimum Gasteiger partial charge on any atom is -0.490 e. The molecule has 15 heteroatoms. The number of oxime groups is 1. The molecule has 1 saturated carbocycles. The van der Waals surface area contributed by atoms with Gasteiger partial charge < -0.3 is 43.5 Å². The van der Waals surface area contributed by atoms with Crippen molar-refractivity contribution in [2.75, 3.05) is 46.2 Å². The van der Waals surface area contributed by atoms with Crippen LogP contribution in [0.25, 0.3) is 0 Å². The van der Waals surface area contributed by atoms with Crippen LogP contribution in [0.2, 0.25) is 0 Å². The van der Waals surface area contributed by atoms with E-state index in [0.29, 0.717) is 49.7 Å². The Morgan fingerprint density at radius 1 is 1.02 bits per heavy atom. The number of esters is 2. The highest BCUT2D eigenvalue weighted by atomic mass is 16.8. The van der Waals surface area contributed by atoms with Crippen LogP contribution in [0.5, 0.6) is 11.5 Å². The van der Waals surface area contributed by atoms with E-state index in [1.807, 2.05) is 18.2 Å². The molecule has 2 aliphatic carbocycles. The molecule has 7 atom stereocenters. The zero-order valence-corrected chi connectivity index (χ0v) is 33.7. The summed E-state index contributed by atoms with van der Waals surface area (Å²) in [6.45, 7) is 12.3. The van der Waals surface area contributed by atoms with E-state index >= 15 is 0 Å². The molecule has 4 aliphatic rings. The summed E-state index contributed by atoms with van der Waals surface area (Å²) in [5.41, 5.74) is 1.86. The summed E-state index contributed by atoms with van der Waals surface area (Å²) >= 11 is 0. The summed E-state index contributed by atoms with van der Waals surface area (Å²) in [4.78, 5) is 33.4. The Morgan fingerprint density at radius 2 is 1.78 bits per heavy atom. The fourth-order valence-electron chi connectivity index (χ4n) is 8.98. The van der Waals surface area contributed by atoms with Gasteiger partial charge in [0.05, 0.1) is 38.1 Å². The molecule has 7 unspecified atom stereocenters. The minimum absolute atomic E-state index is 0.000894. The summed E-state index contributed by atoms with van der Waals surface area (Å²) < 4.78 is 38.4. The number of ether oxygens (including phenoxy) is 6. The van der Waals surface area contributed by atoms with Gasteiger partial charge in [-0.3, -0.25) is 0 Å². The van der Waals surface area contributed by atoms with Gasteiger partial charge in [-0.15, -0.1) is 11.7 Å². The topological polar surface area (TPSA) is 182 Å². The van der Waals surface area contributed by atoms with Crippen molar-refractivity contribution in [2.24, 2.45) is 22.9 Å². The number of nitrogens with zero attached hydrogens (tertiary/aromatic N) is 4. The van der Waals surface area contributed by atoms with E-state index < -0.39 is 36.0 Å². The fraction of sp³-hybridized carbons (Fsp3) is 0.605. The molecule has 1 aromatic carbocycles. The Labute approximate surface area is 340 Å². The zero-order valence-electron chi connectivity index (χ0n) is 33.7. The second-order valence-electron chi connectivity index (χ2n) is 14.9. The number of rotatable bonds is 21. The number of hydrogen-bond acceptors (Lipinski definition) is 14. The molecule has 316 valence electrons. The molecule has 58 heavy (non-hydrogen) atoms. The molecule has 2 fully saturated rings. The van der Waals surface area contributed by atoms with Crippen molar-refractivity contribution in [3.05, 3.63) is 72.1 Å².